The van der Waals surface area contributed by atoms with Crippen molar-refractivity contribution in [1.29, 1.82) is 0 Å². The molecule has 4 rings (SSSR count). The lowest BCUT2D eigenvalue weighted by atomic mass is 10.1. The highest BCUT2D eigenvalue weighted by Gasteiger charge is 2.20. The minimum atomic E-state index is -0.333. The first kappa shape index (κ1) is 14.6. The van der Waals surface area contributed by atoms with Crippen LogP contribution in [0.15, 0.2) is 57.4 Å². The maximum absolute atomic E-state index is 12.5. The van der Waals surface area contributed by atoms with Gasteiger partial charge in [0, 0.05) is 21.0 Å². The van der Waals surface area contributed by atoms with Gasteiger partial charge < -0.3 is 13.9 Å². The van der Waals surface area contributed by atoms with Crippen molar-refractivity contribution in [1.82, 2.24) is 0 Å². The van der Waals surface area contributed by atoms with Gasteiger partial charge in [0.2, 0.25) is 5.78 Å². The molecule has 0 saturated carbocycles. The molecule has 1 aliphatic heterocycles. The van der Waals surface area contributed by atoms with E-state index < -0.39 is 0 Å². The van der Waals surface area contributed by atoms with E-state index in [1.54, 1.807) is 18.2 Å². The van der Waals surface area contributed by atoms with E-state index in [1.165, 1.54) is 0 Å². The Kier molecular flexibility index (Phi) is 3.77. The Labute approximate surface area is 141 Å². The van der Waals surface area contributed by atoms with Crippen LogP contribution in [-0.2, 0) is 9.47 Å². The van der Waals surface area contributed by atoms with Crippen molar-refractivity contribution in [3.8, 4) is 0 Å². The molecule has 4 nitrogen and oxygen atoms in total. The predicted octanol–water partition coefficient (Wildman–Crippen LogP) is 4.47. The van der Waals surface area contributed by atoms with E-state index in [0.29, 0.717) is 30.1 Å². The largest absolute Gasteiger partial charge is 0.453 e. The molecule has 2 aromatic carbocycles. The minimum absolute atomic E-state index is 0.136. The first-order chi connectivity index (χ1) is 11.2. The summed E-state index contributed by atoms with van der Waals surface area (Å²) in [5.74, 6) is 0.191. The number of ether oxygens (including phenoxy) is 2. The van der Waals surface area contributed by atoms with E-state index in [0.717, 1.165) is 15.4 Å². The molecule has 1 aromatic heterocycles. The molecule has 0 atom stereocenters. The second-order valence-electron chi connectivity index (χ2n) is 5.32. The molecule has 23 heavy (non-hydrogen) atoms. The second-order valence-corrected chi connectivity index (χ2v) is 6.23. The Morgan fingerprint density at radius 3 is 2.48 bits per heavy atom. The summed E-state index contributed by atoms with van der Waals surface area (Å²) in [7, 11) is 0. The van der Waals surface area contributed by atoms with Crippen LogP contribution in [0, 0.1) is 0 Å². The fraction of sp³-hybridized carbons (Fsp3) is 0.167. The van der Waals surface area contributed by atoms with E-state index in [9.17, 15) is 4.79 Å². The summed E-state index contributed by atoms with van der Waals surface area (Å²) in [4.78, 5) is 12.5. The van der Waals surface area contributed by atoms with Gasteiger partial charge in [-0.2, -0.15) is 0 Å². The van der Waals surface area contributed by atoms with Crippen LogP contribution < -0.4 is 0 Å². The molecule has 3 aromatic rings. The van der Waals surface area contributed by atoms with E-state index in [-0.39, 0.29) is 12.1 Å². The van der Waals surface area contributed by atoms with Gasteiger partial charge in [0.05, 0.1) is 13.2 Å². The molecule has 0 bridgehead atoms. The third kappa shape index (κ3) is 2.83. The van der Waals surface area contributed by atoms with E-state index >= 15 is 0 Å². The second kappa shape index (κ2) is 5.92. The van der Waals surface area contributed by atoms with Crippen molar-refractivity contribution in [2.75, 3.05) is 13.2 Å². The Hall–Kier alpha value is -1.95. The van der Waals surface area contributed by atoms with Crippen molar-refractivity contribution >= 4 is 32.7 Å². The van der Waals surface area contributed by atoms with Gasteiger partial charge in [0.25, 0.3) is 0 Å². The van der Waals surface area contributed by atoms with Gasteiger partial charge in [-0.05, 0) is 42.5 Å². The topological polar surface area (TPSA) is 48.7 Å². The summed E-state index contributed by atoms with van der Waals surface area (Å²) in [6, 6.07) is 14.6. The van der Waals surface area contributed by atoms with E-state index in [2.05, 4.69) is 15.9 Å². The fourth-order valence-electron chi connectivity index (χ4n) is 2.61. The van der Waals surface area contributed by atoms with Crippen molar-refractivity contribution < 1.29 is 18.7 Å². The van der Waals surface area contributed by atoms with Crippen LogP contribution in [0.1, 0.15) is 28.0 Å². The highest BCUT2D eigenvalue weighted by molar-refractivity contribution is 9.10. The lowest BCUT2D eigenvalue weighted by Crippen LogP contribution is -1.98. The third-order valence-corrected chi connectivity index (χ3v) is 4.29. The molecule has 0 N–H and O–H groups in total. The number of ketones is 1. The third-order valence-electron chi connectivity index (χ3n) is 3.76. The number of furan rings is 1. The highest BCUT2D eigenvalue weighted by Crippen LogP contribution is 2.29. The Balaban J connectivity index is 1.68. The van der Waals surface area contributed by atoms with Gasteiger partial charge in [0.1, 0.15) is 5.58 Å². The van der Waals surface area contributed by atoms with Gasteiger partial charge in [-0.1, -0.05) is 22.0 Å². The Morgan fingerprint density at radius 1 is 1.00 bits per heavy atom. The smallest absolute Gasteiger partial charge is 0.228 e. The number of benzene rings is 2. The minimum Gasteiger partial charge on any atom is -0.453 e. The fourth-order valence-corrected chi connectivity index (χ4v) is 2.88. The first-order valence-electron chi connectivity index (χ1n) is 7.28. The average Bonchev–Trinajstić information content (AvgIpc) is 3.23. The molecule has 0 radical (unpaired) electrons. The molecular weight excluding hydrogens is 360 g/mol. The van der Waals surface area contributed by atoms with Crippen molar-refractivity contribution in [3.63, 3.8) is 0 Å². The average molecular weight is 373 g/mol. The van der Waals surface area contributed by atoms with E-state index in [4.69, 9.17) is 13.9 Å². The molecule has 5 heteroatoms. The van der Waals surface area contributed by atoms with Crippen LogP contribution in [0.3, 0.4) is 0 Å². The molecule has 2 heterocycles. The molecule has 0 aliphatic carbocycles. The summed E-state index contributed by atoms with van der Waals surface area (Å²) < 4.78 is 17.6. The normalized spacial score (nSPS) is 15.3. The van der Waals surface area contributed by atoms with Gasteiger partial charge in [0.15, 0.2) is 12.1 Å². The van der Waals surface area contributed by atoms with Crippen LogP contribution in [0.4, 0.5) is 0 Å². The first-order valence-corrected chi connectivity index (χ1v) is 8.07. The monoisotopic (exact) mass is 372 g/mol. The van der Waals surface area contributed by atoms with Gasteiger partial charge in [-0.3, -0.25) is 4.79 Å². The zero-order chi connectivity index (χ0) is 15.8. The molecule has 0 amide bonds. The zero-order valence-electron chi connectivity index (χ0n) is 12.1. The van der Waals surface area contributed by atoms with Gasteiger partial charge in [-0.15, -0.1) is 0 Å². The SMILES string of the molecule is O=C(c1ccc(Br)cc1)c1cc2cc(C3OCCO3)ccc2o1. The Morgan fingerprint density at radius 2 is 1.74 bits per heavy atom. The number of fused-ring (bicyclic) bond motifs is 1. The van der Waals surface area contributed by atoms with Crippen LogP contribution in [0.25, 0.3) is 11.0 Å². The van der Waals surface area contributed by atoms with Gasteiger partial charge >= 0.3 is 0 Å². The molecule has 0 unspecified atom stereocenters. The van der Waals surface area contributed by atoms with Crippen molar-refractivity contribution in [3.05, 3.63) is 69.9 Å². The maximum Gasteiger partial charge on any atom is 0.228 e. The van der Waals surface area contributed by atoms with Crippen molar-refractivity contribution in [2.24, 2.45) is 0 Å². The number of hydrogen-bond acceptors (Lipinski definition) is 4. The molecule has 1 saturated heterocycles. The van der Waals surface area contributed by atoms with Crippen LogP contribution >= 0.6 is 15.9 Å². The number of halogens is 1. The van der Waals surface area contributed by atoms with Crippen LogP contribution in [-0.4, -0.2) is 19.0 Å². The number of hydrogen-bond donors (Lipinski definition) is 0. The molecule has 1 fully saturated rings. The summed E-state index contributed by atoms with van der Waals surface area (Å²) in [6.07, 6.45) is -0.333. The lowest BCUT2D eigenvalue weighted by molar-refractivity contribution is -0.0440. The molecular formula is C18H13BrO4. The lowest BCUT2D eigenvalue weighted by Gasteiger charge is -2.08. The summed E-state index contributed by atoms with van der Waals surface area (Å²) >= 11 is 3.36. The molecule has 0 spiro atoms. The van der Waals surface area contributed by atoms with E-state index in [1.807, 2.05) is 30.3 Å². The Bertz CT molecular complexity index is 860. The maximum atomic E-state index is 12.5. The standard InChI is InChI=1S/C18H13BrO4/c19-14-4-1-11(2-5-14)17(20)16-10-13-9-12(3-6-15(13)23-16)18-21-7-8-22-18/h1-6,9-10,18H,7-8H2. The number of carbonyl (C=O) groups excluding carboxylic acids is 1. The quantitative estimate of drug-likeness (QED) is 0.636. The van der Waals surface area contributed by atoms with Crippen molar-refractivity contribution in [2.45, 2.75) is 6.29 Å². The summed E-state index contributed by atoms with van der Waals surface area (Å²) in [6.45, 7) is 1.20. The molecule has 116 valence electrons. The summed E-state index contributed by atoms with van der Waals surface area (Å²) in [5, 5.41) is 0.863. The summed E-state index contributed by atoms with van der Waals surface area (Å²) in [5.41, 5.74) is 2.19. The van der Waals surface area contributed by atoms with Gasteiger partial charge in [-0.25, -0.2) is 0 Å². The number of carbonyl (C=O) groups is 1. The predicted molar refractivity (Wildman–Crippen MR) is 88.4 cm³/mol. The molecule has 1 aliphatic rings. The highest BCUT2D eigenvalue weighted by atomic mass is 79.9. The zero-order valence-corrected chi connectivity index (χ0v) is 13.7. The number of rotatable bonds is 3. The van der Waals surface area contributed by atoms with Crippen LogP contribution in [0.5, 0.6) is 0 Å². The van der Waals surface area contributed by atoms with Crippen LogP contribution in [0.2, 0.25) is 0 Å².